The molecule has 13 heteroatoms. The molecule has 224 valence electrons. The number of nitrogens with two attached hydrogens (primary N) is 2. The van der Waals surface area contributed by atoms with Crippen LogP contribution in [0.25, 0.3) is 0 Å². The number of unbranched alkanes of at least 4 members (excludes halogenated alkanes) is 2. The molecule has 0 aliphatic carbocycles. The summed E-state index contributed by atoms with van der Waals surface area (Å²) in [6.07, 6.45) is 2.35. The number of rotatable bonds is 19. The van der Waals surface area contributed by atoms with E-state index in [2.05, 4.69) is 21.3 Å². The van der Waals surface area contributed by atoms with Gasteiger partial charge in [-0.2, -0.15) is 0 Å². The third-order valence-corrected chi connectivity index (χ3v) is 6.39. The summed E-state index contributed by atoms with van der Waals surface area (Å²) >= 11 is 0. The van der Waals surface area contributed by atoms with Crippen LogP contribution in [-0.4, -0.2) is 66.2 Å². The molecule has 0 heterocycles. The first kappa shape index (κ1) is 34.2. The third kappa shape index (κ3) is 13.8. The number of aliphatic carboxylic acids is 1. The van der Waals surface area contributed by atoms with Gasteiger partial charge in [-0.05, 0) is 56.6 Å². The molecule has 1 unspecified atom stereocenters. The Morgan fingerprint density at radius 3 is 2.15 bits per heavy atom. The van der Waals surface area contributed by atoms with Crippen LogP contribution >= 0.6 is 0 Å². The molecule has 0 aliphatic heterocycles. The average Bonchev–Trinajstić information content (AvgIpc) is 2.93. The maximum Gasteiger partial charge on any atom is 0.407 e. The number of hydrogen-bond acceptors (Lipinski definition) is 7. The second-order valence-corrected chi connectivity index (χ2v) is 9.60. The highest BCUT2D eigenvalue weighted by molar-refractivity contribution is 5.92. The summed E-state index contributed by atoms with van der Waals surface area (Å²) in [6, 6.07) is 5.23. The van der Waals surface area contributed by atoms with E-state index in [1.165, 1.54) is 0 Å². The average molecular weight is 565 g/mol. The van der Waals surface area contributed by atoms with Crippen LogP contribution in [0.4, 0.5) is 9.59 Å². The monoisotopic (exact) mass is 564 g/mol. The van der Waals surface area contributed by atoms with Crippen LogP contribution in [0.2, 0.25) is 0 Å². The molecular weight excluding hydrogens is 520 g/mol. The second-order valence-electron chi connectivity index (χ2n) is 9.60. The van der Waals surface area contributed by atoms with Crippen molar-refractivity contribution in [3.8, 4) is 0 Å². The Balaban J connectivity index is 2.70. The lowest BCUT2D eigenvalue weighted by Gasteiger charge is -2.25. The number of carboxylic acid groups (broad SMARTS) is 1. The van der Waals surface area contributed by atoms with Crippen molar-refractivity contribution in [1.82, 2.24) is 21.3 Å². The Kier molecular flexibility index (Phi) is 16.4. The van der Waals surface area contributed by atoms with Crippen molar-refractivity contribution in [2.45, 2.75) is 83.5 Å². The van der Waals surface area contributed by atoms with E-state index in [4.69, 9.17) is 16.2 Å². The minimum Gasteiger partial charge on any atom is -0.480 e. The number of ether oxygens (including phenoxy) is 1. The predicted octanol–water partition coefficient (Wildman–Crippen LogP) is 1.35. The Hall–Kier alpha value is -3.87. The van der Waals surface area contributed by atoms with Gasteiger partial charge in [0.2, 0.25) is 11.8 Å². The molecule has 0 radical (unpaired) electrons. The highest BCUT2D eigenvalue weighted by Crippen LogP contribution is 2.10. The molecule has 0 aromatic heterocycles. The molecule has 0 aliphatic rings. The molecule has 0 bridgehead atoms. The first-order valence-corrected chi connectivity index (χ1v) is 13.6. The van der Waals surface area contributed by atoms with Crippen molar-refractivity contribution >= 4 is 29.9 Å². The molecule has 1 aromatic rings. The van der Waals surface area contributed by atoms with Gasteiger partial charge in [0.25, 0.3) is 0 Å². The largest absolute Gasteiger partial charge is 0.480 e. The van der Waals surface area contributed by atoms with E-state index >= 15 is 0 Å². The molecule has 0 spiro atoms. The van der Waals surface area contributed by atoms with Gasteiger partial charge in [-0.3, -0.25) is 9.59 Å². The van der Waals surface area contributed by atoms with Gasteiger partial charge in [0.15, 0.2) is 0 Å². The van der Waals surface area contributed by atoms with Crippen molar-refractivity contribution in [3.05, 3.63) is 35.9 Å². The quantitative estimate of drug-likeness (QED) is 0.121. The van der Waals surface area contributed by atoms with Gasteiger partial charge in [-0.25, -0.2) is 14.4 Å². The summed E-state index contributed by atoms with van der Waals surface area (Å²) < 4.78 is 5.16. The molecule has 0 fully saturated rings. The summed E-state index contributed by atoms with van der Waals surface area (Å²) in [5.41, 5.74) is 11.8. The normalized spacial score (nSPS) is 13.7. The van der Waals surface area contributed by atoms with Crippen LogP contribution in [0.3, 0.4) is 0 Å². The van der Waals surface area contributed by atoms with Crippen LogP contribution in [0.1, 0.15) is 64.4 Å². The Bertz CT molecular complexity index is 947. The SMILES string of the molecule is CC[C@@H](C)[C@@H](NC(=O)C(CCCCNC(=O)OCc1ccccc1)NC(=O)N[C@@H](CCCCN)C(=O)O)C(N)=O. The second kappa shape index (κ2) is 19.2. The number of carbonyl (C=O) groups excluding carboxylic acids is 4. The summed E-state index contributed by atoms with van der Waals surface area (Å²) in [5, 5.41) is 19.6. The Morgan fingerprint density at radius 2 is 1.55 bits per heavy atom. The Morgan fingerprint density at radius 1 is 0.925 bits per heavy atom. The predicted molar refractivity (Wildman–Crippen MR) is 149 cm³/mol. The van der Waals surface area contributed by atoms with Crippen molar-refractivity contribution in [2.75, 3.05) is 13.1 Å². The third-order valence-electron chi connectivity index (χ3n) is 6.39. The standard InChI is InChI=1S/C27H44N6O7/c1-3-18(2)22(23(29)34)33-24(35)20(31-26(38)32-21(25(36)37)14-7-9-15-28)13-8-10-16-30-27(39)40-17-19-11-5-4-6-12-19/h4-6,11-12,18,20-22H,3,7-10,13-17,28H2,1-2H3,(H2,29,34)(H,30,39)(H,33,35)(H,36,37)(H2,31,32,38)/t18-,20?,21+,22-/m1/s1. The van der Waals surface area contributed by atoms with Crippen LogP contribution in [0.15, 0.2) is 30.3 Å². The van der Waals surface area contributed by atoms with Gasteiger partial charge in [0.05, 0.1) is 0 Å². The van der Waals surface area contributed by atoms with E-state index in [9.17, 15) is 29.1 Å². The number of benzene rings is 1. The molecule has 0 saturated carbocycles. The number of nitrogens with one attached hydrogen (secondary N) is 4. The molecule has 5 amide bonds. The molecular formula is C27H44N6O7. The van der Waals surface area contributed by atoms with Gasteiger partial charge in [0.1, 0.15) is 24.7 Å². The van der Waals surface area contributed by atoms with Crippen molar-refractivity contribution in [1.29, 1.82) is 0 Å². The first-order valence-electron chi connectivity index (χ1n) is 13.6. The van der Waals surface area contributed by atoms with Crippen molar-refractivity contribution < 1.29 is 33.8 Å². The van der Waals surface area contributed by atoms with Crippen LogP contribution in [-0.2, 0) is 25.7 Å². The van der Waals surface area contributed by atoms with E-state index in [0.717, 1.165) is 5.56 Å². The number of alkyl carbamates (subject to hydrolysis) is 1. The maximum atomic E-state index is 13.1. The topological polar surface area (TPSA) is 215 Å². The molecule has 9 N–H and O–H groups in total. The van der Waals surface area contributed by atoms with Gasteiger partial charge in [-0.15, -0.1) is 0 Å². The molecule has 4 atom stereocenters. The highest BCUT2D eigenvalue weighted by atomic mass is 16.5. The van der Waals surface area contributed by atoms with Crippen LogP contribution in [0.5, 0.6) is 0 Å². The van der Waals surface area contributed by atoms with Crippen molar-refractivity contribution in [3.63, 3.8) is 0 Å². The number of carbonyl (C=O) groups is 5. The maximum absolute atomic E-state index is 13.1. The van der Waals surface area contributed by atoms with Crippen LogP contribution in [0, 0.1) is 5.92 Å². The first-order chi connectivity index (χ1) is 19.1. The fourth-order valence-corrected chi connectivity index (χ4v) is 3.80. The van der Waals surface area contributed by atoms with E-state index in [1.54, 1.807) is 6.92 Å². The fourth-order valence-electron chi connectivity index (χ4n) is 3.80. The minimum atomic E-state index is -1.20. The van der Waals surface area contributed by atoms with Gasteiger partial charge in [-0.1, -0.05) is 50.6 Å². The summed E-state index contributed by atoms with van der Waals surface area (Å²) in [7, 11) is 0. The molecule has 1 rings (SSSR count). The summed E-state index contributed by atoms with van der Waals surface area (Å²) in [6.45, 7) is 4.43. The lowest BCUT2D eigenvalue weighted by Crippen LogP contribution is -2.57. The van der Waals surface area contributed by atoms with E-state index in [0.29, 0.717) is 38.6 Å². The number of urea groups is 1. The lowest BCUT2D eigenvalue weighted by molar-refractivity contribution is -0.139. The molecule has 0 saturated heterocycles. The molecule has 13 nitrogen and oxygen atoms in total. The zero-order chi connectivity index (χ0) is 29.9. The van der Waals surface area contributed by atoms with E-state index in [1.807, 2.05) is 37.3 Å². The van der Waals surface area contributed by atoms with Crippen molar-refractivity contribution in [2.24, 2.45) is 17.4 Å². The zero-order valence-electron chi connectivity index (χ0n) is 23.3. The lowest BCUT2D eigenvalue weighted by atomic mass is 9.98. The number of primary amides is 1. The molecule has 1 aromatic carbocycles. The summed E-state index contributed by atoms with van der Waals surface area (Å²) in [5.74, 6) is -2.76. The smallest absolute Gasteiger partial charge is 0.407 e. The van der Waals surface area contributed by atoms with E-state index in [-0.39, 0.29) is 31.9 Å². The van der Waals surface area contributed by atoms with Crippen LogP contribution < -0.4 is 32.7 Å². The van der Waals surface area contributed by atoms with Gasteiger partial charge >= 0.3 is 18.1 Å². The van der Waals surface area contributed by atoms with Gasteiger partial charge in [0, 0.05) is 6.54 Å². The molecule has 40 heavy (non-hydrogen) atoms. The fraction of sp³-hybridized carbons (Fsp3) is 0.593. The van der Waals surface area contributed by atoms with E-state index < -0.39 is 48.0 Å². The Labute approximate surface area is 235 Å². The number of hydrogen-bond donors (Lipinski definition) is 7. The zero-order valence-corrected chi connectivity index (χ0v) is 23.3. The number of amides is 5. The van der Waals surface area contributed by atoms with Gasteiger partial charge < -0.3 is 42.6 Å². The highest BCUT2D eigenvalue weighted by Gasteiger charge is 2.29. The minimum absolute atomic E-state index is 0.134. The number of carboxylic acids is 1. The summed E-state index contributed by atoms with van der Waals surface area (Å²) in [4.78, 5) is 61.1.